The lowest BCUT2D eigenvalue weighted by Crippen LogP contribution is -2.42. The third-order valence-electron chi connectivity index (χ3n) is 4.02. The Bertz CT molecular complexity index is 450. The van der Waals surface area contributed by atoms with E-state index in [-0.39, 0.29) is 11.9 Å². The van der Waals surface area contributed by atoms with Crippen molar-refractivity contribution in [2.24, 2.45) is 5.73 Å². The summed E-state index contributed by atoms with van der Waals surface area (Å²) in [6.07, 6.45) is 4.11. The number of likely N-dealkylation sites (tertiary alicyclic amines) is 1. The Hall–Kier alpha value is -1.33. The lowest BCUT2D eigenvalue weighted by molar-refractivity contribution is 0.0679. The van der Waals surface area contributed by atoms with Crippen LogP contribution in [0.25, 0.3) is 0 Å². The summed E-state index contributed by atoms with van der Waals surface area (Å²) in [7, 11) is 2.08. The number of nitrogens with two attached hydrogens (primary N) is 1. The Labute approximate surface area is 127 Å². The minimum atomic E-state index is -0.00985. The molecule has 0 bridgehead atoms. The Morgan fingerprint density at radius 1 is 1.43 bits per heavy atom. The van der Waals surface area contributed by atoms with Crippen LogP contribution in [0.15, 0.2) is 16.5 Å². The second kappa shape index (κ2) is 7.61. The molecule has 1 amide bonds. The summed E-state index contributed by atoms with van der Waals surface area (Å²) >= 11 is 0. The average Bonchev–Trinajstić information content (AvgIpc) is 2.93. The fraction of sp³-hybridized carbons (Fsp3) is 0.688. The zero-order valence-corrected chi connectivity index (χ0v) is 13.2. The molecule has 21 heavy (non-hydrogen) atoms. The molecule has 0 atom stereocenters. The standard InChI is InChI=1S/C16H27N3O2/c1-3-4-9-18(2)12-14-5-6-15(21-14)16(20)19-10-7-13(17)8-11-19/h5-6,13H,3-4,7-12,17H2,1-2H3. The van der Waals surface area contributed by atoms with Crippen LogP contribution in [-0.2, 0) is 6.54 Å². The molecule has 0 unspecified atom stereocenters. The molecule has 1 saturated heterocycles. The first-order chi connectivity index (χ1) is 10.1. The van der Waals surface area contributed by atoms with Gasteiger partial charge in [-0.2, -0.15) is 0 Å². The molecule has 0 aliphatic carbocycles. The van der Waals surface area contributed by atoms with Gasteiger partial charge in [-0.1, -0.05) is 13.3 Å². The van der Waals surface area contributed by atoms with Crippen LogP contribution < -0.4 is 5.73 Å². The summed E-state index contributed by atoms with van der Waals surface area (Å²) in [5.41, 5.74) is 5.87. The minimum absolute atomic E-state index is 0.00985. The van der Waals surface area contributed by atoms with Crippen molar-refractivity contribution in [3.05, 3.63) is 23.7 Å². The van der Waals surface area contributed by atoms with Crippen LogP contribution in [-0.4, -0.2) is 48.4 Å². The maximum Gasteiger partial charge on any atom is 0.289 e. The van der Waals surface area contributed by atoms with Crippen LogP contribution in [0.2, 0.25) is 0 Å². The van der Waals surface area contributed by atoms with E-state index < -0.39 is 0 Å². The van der Waals surface area contributed by atoms with Crippen molar-refractivity contribution in [1.29, 1.82) is 0 Å². The van der Waals surface area contributed by atoms with E-state index in [1.165, 1.54) is 12.8 Å². The Kier molecular flexibility index (Phi) is 5.82. The fourth-order valence-electron chi connectivity index (χ4n) is 2.61. The molecule has 2 heterocycles. The van der Waals surface area contributed by atoms with Crippen LogP contribution in [0, 0.1) is 0 Å². The Morgan fingerprint density at radius 2 is 2.14 bits per heavy atom. The predicted molar refractivity (Wildman–Crippen MR) is 83.1 cm³/mol. The summed E-state index contributed by atoms with van der Waals surface area (Å²) in [5, 5.41) is 0. The third kappa shape index (κ3) is 4.58. The lowest BCUT2D eigenvalue weighted by Gasteiger charge is -2.29. The molecule has 2 rings (SSSR count). The van der Waals surface area contributed by atoms with Gasteiger partial charge in [-0.05, 0) is 45.0 Å². The monoisotopic (exact) mass is 293 g/mol. The number of carbonyl (C=O) groups excluding carboxylic acids is 1. The number of amides is 1. The number of rotatable bonds is 6. The molecule has 0 radical (unpaired) electrons. The zero-order valence-electron chi connectivity index (χ0n) is 13.2. The normalized spacial score (nSPS) is 16.7. The molecule has 1 aliphatic rings. The summed E-state index contributed by atoms with van der Waals surface area (Å²) < 4.78 is 5.71. The number of hydrogen-bond acceptors (Lipinski definition) is 4. The minimum Gasteiger partial charge on any atom is -0.455 e. The number of piperidine rings is 1. The quantitative estimate of drug-likeness (QED) is 0.872. The maximum absolute atomic E-state index is 12.4. The van der Waals surface area contributed by atoms with E-state index in [4.69, 9.17) is 10.2 Å². The highest BCUT2D eigenvalue weighted by Crippen LogP contribution is 2.16. The molecule has 2 N–H and O–H groups in total. The highest BCUT2D eigenvalue weighted by atomic mass is 16.4. The summed E-state index contributed by atoms with van der Waals surface area (Å²) in [6.45, 7) is 5.43. The van der Waals surface area contributed by atoms with Gasteiger partial charge in [0.2, 0.25) is 0 Å². The SMILES string of the molecule is CCCCN(C)Cc1ccc(C(=O)N2CCC(N)CC2)o1. The highest BCUT2D eigenvalue weighted by Gasteiger charge is 2.23. The summed E-state index contributed by atoms with van der Waals surface area (Å²) in [4.78, 5) is 16.4. The van der Waals surface area contributed by atoms with Gasteiger partial charge in [-0.25, -0.2) is 0 Å². The van der Waals surface area contributed by atoms with Gasteiger partial charge in [0.1, 0.15) is 5.76 Å². The molecule has 118 valence electrons. The van der Waals surface area contributed by atoms with Gasteiger partial charge in [-0.15, -0.1) is 0 Å². The third-order valence-corrected chi connectivity index (χ3v) is 4.02. The van der Waals surface area contributed by atoms with Crippen LogP contribution in [0.5, 0.6) is 0 Å². The lowest BCUT2D eigenvalue weighted by atomic mass is 10.1. The second-order valence-electron chi connectivity index (χ2n) is 5.99. The summed E-state index contributed by atoms with van der Waals surface area (Å²) in [6, 6.07) is 3.93. The van der Waals surface area contributed by atoms with Crippen LogP contribution in [0.1, 0.15) is 48.9 Å². The van der Waals surface area contributed by atoms with E-state index in [2.05, 4.69) is 18.9 Å². The van der Waals surface area contributed by atoms with Gasteiger partial charge >= 0.3 is 0 Å². The number of furan rings is 1. The van der Waals surface area contributed by atoms with Gasteiger partial charge in [0.15, 0.2) is 5.76 Å². The Morgan fingerprint density at radius 3 is 2.81 bits per heavy atom. The molecule has 0 saturated carbocycles. The van der Waals surface area contributed by atoms with Crippen molar-refractivity contribution in [3.8, 4) is 0 Å². The van der Waals surface area contributed by atoms with Crippen molar-refractivity contribution in [3.63, 3.8) is 0 Å². The van der Waals surface area contributed by atoms with E-state index in [0.717, 1.165) is 44.8 Å². The first-order valence-corrected chi connectivity index (χ1v) is 7.92. The number of unbranched alkanes of at least 4 members (excludes halogenated alkanes) is 1. The van der Waals surface area contributed by atoms with E-state index >= 15 is 0 Å². The first-order valence-electron chi connectivity index (χ1n) is 7.92. The predicted octanol–water partition coefficient (Wildman–Crippen LogP) is 2.07. The number of nitrogens with zero attached hydrogens (tertiary/aromatic N) is 2. The van der Waals surface area contributed by atoms with Gasteiger partial charge in [0.05, 0.1) is 6.54 Å². The van der Waals surface area contributed by atoms with Gasteiger partial charge in [0, 0.05) is 19.1 Å². The van der Waals surface area contributed by atoms with Gasteiger partial charge in [0.25, 0.3) is 5.91 Å². The smallest absolute Gasteiger partial charge is 0.289 e. The second-order valence-corrected chi connectivity index (χ2v) is 5.99. The highest BCUT2D eigenvalue weighted by molar-refractivity contribution is 5.91. The summed E-state index contributed by atoms with van der Waals surface area (Å²) in [5.74, 6) is 1.29. The van der Waals surface area contributed by atoms with Crippen molar-refractivity contribution < 1.29 is 9.21 Å². The van der Waals surface area contributed by atoms with Gasteiger partial charge < -0.3 is 15.1 Å². The van der Waals surface area contributed by atoms with Crippen LogP contribution in [0.4, 0.5) is 0 Å². The molecule has 5 heteroatoms. The van der Waals surface area contributed by atoms with E-state index in [1.807, 2.05) is 11.0 Å². The molecule has 1 aromatic rings. The van der Waals surface area contributed by atoms with Crippen molar-refractivity contribution >= 4 is 5.91 Å². The number of hydrogen-bond donors (Lipinski definition) is 1. The van der Waals surface area contributed by atoms with Crippen molar-refractivity contribution in [1.82, 2.24) is 9.80 Å². The molecule has 5 nitrogen and oxygen atoms in total. The van der Waals surface area contributed by atoms with Crippen LogP contribution in [0.3, 0.4) is 0 Å². The largest absolute Gasteiger partial charge is 0.455 e. The fourth-order valence-corrected chi connectivity index (χ4v) is 2.61. The zero-order chi connectivity index (χ0) is 15.2. The average molecular weight is 293 g/mol. The molecule has 0 aromatic carbocycles. The van der Waals surface area contributed by atoms with Crippen LogP contribution >= 0.6 is 0 Å². The van der Waals surface area contributed by atoms with Crippen molar-refractivity contribution in [2.45, 2.75) is 45.2 Å². The topological polar surface area (TPSA) is 62.7 Å². The van der Waals surface area contributed by atoms with E-state index in [9.17, 15) is 4.79 Å². The molecule has 0 spiro atoms. The van der Waals surface area contributed by atoms with Gasteiger partial charge in [-0.3, -0.25) is 9.69 Å². The van der Waals surface area contributed by atoms with E-state index in [1.54, 1.807) is 6.07 Å². The molecule has 1 aliphatic heterocycles. The van der Waals surface area contributed by atoms with Crippen molar-refractivity contribution in [2.75, 3.05) is 26.7 Å². The molecule has 1 fully saturated rings. The molecular formula is C16H27N3O2. The van der Waals surface area contributed by atoms with E-state index in [0.29, 0.717) is 5.76 Å². The molecular weight excluding hydrogens is 266 g/mol. The first kappa shape index (κ1) is 16.0. The number of carbonyl (C=O) groups is 1. The Balaban J connectivity index is 1.88. The maximum atomic E-state index is 12.4. The molecule has 1 aromatic heterocycles.